The summed E-state index contributed by atoms with van der Waals surface area (Å²) in [6.07, 6.45) is 1.87. The van der Waals surface area contributed by atoms with Crippen molar-refractivity contribution >= 4 is 5.97 Å². The Hall–Kier alpha value is -1.39. The van der Waals surface area contributed by atoms with Crippen LogP contribution in [0.4, 0.5) is 0 Å². The third-order valence-electron chi connectivity index (χ3n) is 4.39. The summed E-state index contributed by atoms with van der Waals surface area (Å²) in [5.74, 6) is -0.0970. The van der Waals surface area contributed by atoms with E-state index < -0.39 is 0 Å². The van der Waals surface area contributed by atoms with E-state index in [1.54, 1.807) is 0 Å². The van der Waals surface area contributed by atoms with Crippen LogP contribution in [0, 0.1) is 0 Å². The van der Waals surface area contributed by atoms with E-state index >= 15 is 0 Å². The average Bonchev–Trinajstić information content (AvgIpc) is 2.54. The molecule has 1 aliphatic heterocycles. The van der Waals surface area contributed by atoms with Gasteiger partial charge >= 0.3 is 5.97 Å². The number of carbonyl (C=O) groups is 1. The second-order valence-electron chi connectivity index (χ2n) is 5.60. The Balaban J connectivity index is 2.16. The molecule has 4 nitrogen and oxygen atoms in total. The third kappa shape index (κ3) is 3.83. The van der Waals surface area contributed by atoms with E-state index in [1.165, 1.54) is 5.56 Å². The maximum atomic E-state index is 12.3. The lowest BCUT2D eigenvalue weighted by Gasteiger charge is -2.41. The quantitative estimate of drug-likeness (QED) is 0.845. The first-order valence-corrected chi connectivity index (χ1v) is 7.82. The van der Waals surface area contributed by atoms with Crippen LogP contribution in [0.25, 0.3) is 0 Å². The van der Waals surface area contributed by atoms with E-state index in [0.29, 0.717) is 12.6 Å². The molecule has 0 aliphatic carbocycles. The first kappa shape index (κ1) is 16.0. The Morgan fingerprint density at radius 2 is 2.14 bits per heavy atom. The number of hydrogen-bond acceptors (Lipinski definition) is 4. The van der Waals surface area contributed by atoms with Crippen LogP contribution >= 0.6 is 0 Å². The molecule has 1 N–H and O–H groups in total. The van der Waals surface area contributed by atoms with Crippen molar-refractivity contribution in [1.29, 1.82) is 0 Å². The first-order chi connectivity index (χ1) is 10.2. The van der Waals surface area contributed by atoms with E-state index in [2.05, 4.69) is 29.3 Å². The van der Waals surface area contributed by atoms with Gasteiger partial charge < -0.3 is 10.1 Å². The van der Waals surface area contributed by atoms with Gasteiger partial charge in [0, 0.05) is 18.6 Å². The van der Waals surface area contributed by atoms with Crippen LogP contribution in [0.5, 0.6) is 0 Å². The van der Waals surface area contributed by atoms with Gasteiger partial charge in [-0.25, -0.2) is 0 Å². The summed E-state index contributed by atoms with van der Waals surface area (Å²) in [6, 6.07) is 10.8. The number of piperidine rings is 1. The molecule has 1 fully saturated rings. The van der Waals surface area contributed by atoms with Crippen LogP contribution in [0.2, 0.25) is 0 Å². The highest BCUT2D eigenvalue weighted by Crippen LogP contribution is 2.29. The summed E-state index contributed by atoms with van der Waals surface area (Å²) in [6.45, 7) is 5.38. The number of rotatable bonds is 5. The molecule has 1 aliphatic rings. The van der Waals surface area contributed by atoms with Crippen LogP contribution in [-0.4, -0.2) is 43.2 Å². The van der Waals surface area contributed by atoms with E-state index in [-0.39, 0.29) is 18.1 Å². The number of nitrogens with one attached hydrogen (secondary N) is 1. The smallest absolute Gasteiger partial charge is 0.323 e. The van der Waals surface area contributed by atoms with Crippen molar-refractivity contribution in [1.82, 2.24) is 10.2 Å². The van der Waals surface area contributed by atoms with Gasteiger partial charge in [-0.2, -0.15) is 0 Å². The van der Waals surface area contributed by atoms with Gasteiger partial charge in [0.1, 0.15) is 6.04 Å². The van der Waals surface area contributed by atoms with Gasteiger partial charge in [0.05, 0.1) is 6.61 Å². The molecular formula is C17H26N2O2. The van der Waals surface area contributed by atoms with Crippen LogP contribution in [0.1, 0.15) is 38.3 Å². The molecule has 1 heterocycles. The predicted octanol–water partition coefficient (Wildman–Crippen LogP) is 2.36. The number of hydrogen-bond donors (Lipinski definition) is 1. The third-order valence-corrected chi connectivity index (χ3v) is 4.39. The van der Waals surface area contributed by atoms with Crippen molar-refractivity contribution < 1.29 is 9.53 Å². The molecule has 4 heteroatoms. The molecule has 116 valence electrons. The minimum absolute atomic E-state index is 0.0970. The molecule has 3 atom stereocenters. The molecule has 1 aromatic carbocycles. The van der Waals surface area contributed by atoms with Crippen molar-refractivity contribution in [3.05, 3.63) is 35.9 Å². The largest absolute Gasteiger partial charge is 0.465 e. The van der Waals surface area contributed by atoms with Gasteiger partial charge in [-0.15, -0.1) is 0 Å². The highest BCUT2D eigenvalue weighted by Gasteiger charge is 2.36. The molecule has 0 spiro atoms. The van der Waals surface area contributed by atoms with Crippen LogP contribution in [-0.2, 0) is 9.53 Å². The average molecular weight is 290 g/mol. The number of benzene rings is 1. The van der Waals surface area contributed by atoms with Crippen molar-refractivity contribution in [2.75, 3.05) is 20.2 Å². The highest BCUT2D eigenvalue weighted by molar-refractivity contribution is 5.76. The van der Waals surface area contributed by atoms with Gasteiger partial charge in [0.25, 0.3) is 0 Å². The Labute approximate surface area is 127 Å². The van der Waals surface area contributed by atoms with Crippen LogP contribution in [0.3, 0.4) is 0 Å². The van der Waals surface area contributed by atoms with Crippen molar-refractivity contribution in [2.45, 2.75) is 44.8 Å². The summed E-state index contributed by atoms with van der Waals surface area (Å²) < 4.78 is 5.28. The summed E-state index contributed by atoms with van der Waals surface area (Å²) in [7, 11) is 1.96. The fraction of sp³-hybridized carbons (Fsp3) is 0.588. The van der Waals surface area contributed by atoms with Gasteiger partial charge in [-0.3, -0.25) is 9.69 Å². The molecule has 1 aromatic rings. The van der Waals surface area contributed by atoms with E-state index in [9.17, 15) is 4.79 Å². The fourth-order valence-electron chi connectivity index (χ4n) is 3.10. The zero-order valence-electron chi connectivity index (χ0n) is 13.2. The van der Waals surface area contributed by atoms with Crippen LogP contribution < -0.4 is 5.32 Å². The van der Waals surface area contributed by atoms with Crippen molar-refractivity contribution in [3.8, 4) is 0 Å². The van der Waals surface area contributed by atoms with E-state index in [1.807, 2.05) is 32.2 Å². The predicted molar refractivity (Wildman–Crippen MR) is 84.1 cm³/mol. The molecule has 21 heavy (non-hydrogen) atoms. The molecule has 0 amide bonds. The Kier molecular flexibility index (Phi) is 5.76. The second kappa shape index (κ2) is 7.57. The van der Waals surface area contributed by atoms with Gasteiger partial charge in [0.15, 0.2) is 0 Å². The standard InChI is InChI=1S/C17H26N2O2/c1-4-21-17(20)16-12-15(18-3)10-11-19(16)13(2)14-8-6-5-7-9-14/h5-9,13,15-16,18H,4,10-12H2,1-3H3. The zero-order chi connectivity index (χ0) is 15.2. The van der Waals surface area contributed by atoms with E-state index in [4.69, 9.17) is 4.74 Å². The van der Waals surface area contributed by atoms with Crippen LogP contribution in [0.15, 0.2) is 30.3 Å². The summed E-state index contributed by atoms with van der Waals surface area (Å²) in [4.78, 5) is 14.6. The SMILES string of the molecule is CCOC(=O)C1CC(NC)CCN1C(C)c1ccccc1. The Bertz CT molecular complexity index is 449. The fourth-order valence-corrected chi connectivity index (χ4v) is 3.10. The molecule has 0 radical (unpaired) electrons. The number of esters is 1. The molecular weight excluding hydrogens is 264 g/mol. The molecule has 0 aromatic heterocycles. The monoisotopic (exact) mass is 290 g/mol. The minimum Gasteiger partial charge on any atom is -0.465 e. The maximum Gasteiger partial charge on any atom is 0.323 e. The molecule has 3 unspecified atom stereocenters. The molecule has 1 saturated heterocycles. The first-order valence-electron chi connectivity index (χ1n) is 7.82. The Morgan fingerprint density at radius 3 is 2.76 bits per heavy atom. The summed E-state index contributed by atoms with van der Waals surface area (Å²) in [5, 5.41) is 3.30. The lowest BCUT2D eigenvalue weighted by molar-refractivity contribution is -0.152. The van der Waals surface area contributed by atoms with Crippen molar-refractivity contribution in [2.24, 2.45) is 0 Å². The van der Waals surface area contributed by atoms with Gasteiger partial charge in [-0.05, 0) is 39.3 Å². The number of likely N-dealkylation sites (tertiary alicyclic amines) is 1. The lowest BCUT2D eigenvalue weighted by Crippen LogP contribution is -2.52. The molecule has 0 saturated carbocycles. The van der Waals surface area contributed by atoms with Gasteiger partial charge in [-0.1, -0.05) is 30.3 Å². The zero-order valence-corrected chi connectivity index (χ0v) is 13.2. The number of nitrogens with zero attached hydrogens (tertiary/aromatic N) is 1. The lowest BCUT2D eigenvalue weighted by atomic mass is 9.93. The minimum atomic E-state index is -0.161. The van der Waals surface area contributed by atoms with Crippen molar-refractivity contribution in [3.63, 3.8) is 0 Å². The molecule has 2 rings (SSSR count). The highest BCUT2D eigenvalue weighted by atomic mass is 16.5. The number of ether oxygens (including phenoxy) is 1. The molecule has 0 bridgehead atoms. The number of carbonyl (C=O) groups excluding carboxylic acids is 1. The topological polar surface area (TPSA) is 41.6 Å². The summed E-state index contributed by atoms with van der Waals surface area (Å²) in [5.41, 5.74) is 1.25. The second-order valence-corrected chi connectivity index (χ2v) is 5.60. The maximum absolute atomic E-state index is 12.3. The Morgan fingerprint density at radius 1 is 1.43 bits per heavy atom. The van der Waals surface area contributed by atoms with E-state index in [0.717, 1.165) is 19.4 Å². The van der Waals surface area contributed by atoms with Gasteiger partial charge in [0.2, 0.25) is 0 Å². The summed E-state index contributed by atoms with van der Waals surface area (Å²) >= 11 is 0. The normalized spacial score (nSPS) is 24.5.